The number of hydrogen-bond acceptors (Lipinski definition) is 3. The molecule has 1 atom stereocenters. The fourth-order valence-corrected chi connectivity index (χ4v) is 2.93. The highest BCUT2D eigenvalue weighted by Crippen LogP contribution is 2.28. The highest BCUT2D eigenvalue weighted by molar-refractivity contribution is 7.12. The highest BCUT2D eigenvalue weighted by Gasteiger charge is 2.21. The van der Waals surface area contributed by atoms with Gasteiger partial charge in [0.1, 0.15) is 0 Å². The molecule has 0 radical (unpaired) electrons. The molecule has 1 heterocycles. The van der Waals surface area contributed by atoms with Crippen molar-refractivity contribution in [3.8, 4) is 0 Å². The molecule has 2 rings (SSSR count). The number of aliphatic carboxylic acids is 1. The summed E-state index contributed by atoms with van der Waals surface area (Å²) in [5.41, 5.74) is 0.700. The lowest BCUT2D eigenvalue weighted by Crippen LogP contribution is -2.19. The number of anilines is 1. The third-order valence-corrected chi connectivity index (χ3v) is 4.23. The Hall–Kier alpha value is -1.52. The third kappa shape index (κ3) is 3.49. The standard InChI is InChI=1S/C14H14ClNO2S/c1-2-11-6-7-12(19-11)13(14(17)18)16-10-5-3-4-9(15)8-10/h3-8,13,16H,2H2,1H3,(H,17,18). The average Bonchev–Trinajstić information content (AvgIpc) is 2.84. The molecule has 1 aromatic carbocycles. The smallest absolute Gasteiger partial charge is 0.331 e. The van der Waals surface area contributed by atoms with E-state index in [0.29, 0.717) is 10.7 Å². The minimum absolute atomic E-state index is 0.578. The summed E-state index contributed by atoms with van der Waals surface area (Å²) >= 11 is 7.41. The monoisotopic (exact) mass is 295 g/mol. The van der Waals surface area contributed by atoms with Crippen molar-refractivity contribution in [2.24, 2.45) is 0 Å². The van der Waals surface area contributed by atoms with Crippen molar-refractivity contribution in [2.75, 3.05) is 5.32 Å². The molecule has 0 saturated heterocycles. The molecule has 1 aromatic heterocycles. The second kappa shape index (κ2) is 6.08. The number of aryl methyl sites for hydroxylation is 1. The highest BCUT2D eigenvalue weighted by atomic mass is 35.5. The number of rotatable bonds is 5. The van der Waals surface area contributed by atoms with Crippen molar-refractivity contribution in [3.05, 3.63) is 51.2 Å². The maximum absolute atomic E-state index is 11.4. The molecule has 0 spiro atoms. The molecule has 19 heavy (non-hydrogen) atoms. The lowest BCUT2D eigenvalue weighted by Gasteiger charge is -2.14. The van der Waals surface area contributed by atoms with E-state index in [1.165, 1.54) is 16.2 Å². The summed E-state index contributed by atoms with van der Waals surface area (Å²) in [7, 11) is 0. The summed E-state index contributed by atoms with van der Waals surface area (Å²) in [5, 5.41) is 12.9. The number of carboxylic acids is 1. The lowest BCUT2D eigenvalue weighted by atomic mass is 10.2. The number of carbonyl (C=O) groups is 1. The van der Waals surface area contributed by atoms with E-state index in [2.05, 4.69) is 12.2 Å². The van der Waals surface area contributed by atoms with Crippen molar-refractivity contribution in [2.45, 2.75) is 19.4 Å². The second-order valence-corrected chi connectivity index (χ2v) is 5.72. The van der Waals surface area contributed by atoms with E-state index < -0.39 is 12.0 Å². The van der Waals surface area contributed by atoms with E-state index in [9.17, 15) is 9.90 Å². The van der Waals surface area contributed by atoms with Crippen LogP contribution in [0.4, 0.5) is 5.69 Å². The molecule has 0 bridgehead atoms. The van der Waals surface area contributed by atoms with E-state index >= 15 is 0 Å². The topological polar surface area (TPSA) is 49.3 Å². The lowest BCUT2D eigenvalue weighted by molar-refractivity contribution is -0.138. The largest absolute Gasteiger partial charge is 0.479 e. The molecule has 0 amide bonds. The number of benzene rings is 1. The molecule has 1 unspecified atom stereocenters. The predicted octanol–water partition coefficient (Wildman–Crippen LogP) is 4.20. The first-order valence-corrected chi connectivity index (χ1v) is 7.13. The summed E-state index contributed by atoms with van der Waals surface area (Å²) in [6.45, 7) is 2.05. The van der Waals surface area contributed by atoms with Crippen LogP contribution in [0, 0.1) is 0 Å². The Balaban J connectivity index is 2.23. The Morgan fingerprint density at radius 1 is 1.42 bits per heavy atom. The summed E-state index contributed by atoms with van der Waals surface area (Å²) < 4.78 is 0. The van der Waals surface area contributed by atoms with Crippen LogP contribution in [-0.2, 0) is 11.2 Å². The maximum atomic E-state index is 11.4. The predicted molar refractivity (Wildman–Crippen MR) is 79.1 cm³/mol. The Bertz CT molecular complexity index is 582. The van der Waals surface area contributed by atoms with Gasteiger partial charge in [0.05, 0.1) is 0 Å². The quantitative estimate of drug-likeness (QED) is 0.869. The summed E-state index contributed by atoms with van der Waals surface area (Å²) in [6, 6.07) is 10.1. The number of nitrogens with one attached hydrogen (secondary N) is 1. The molecule has 2 N–H and O–H groups in total. The Labute approximate surface area is 120 Å². The van der Waals surface area contributed by atoms with Gasteiger partial charge in [0, 0.05) is 20.5 Å². The van der Waals surface area contributed by atoms with Crippen LogP contribution in [0.25, 0.3) is 0 Å². The zero-order chi connectivity index (χ0) is 13.8. The molecular weight excluding hydrogens is 282 g/mol. The molecule has 5 heteroatoms. The van der Waals surface area contributed by atoms with Gasteiger partial charge in [0.2, 0.25) is 0 Å². The van der Waals surface area contributed by atoms with Gasteiger partial charge in [-0.25, -0.2) is 4.79 Å². The molecule has 100 valence electrons. The molecule has 3 nitrogen and oxygen atoms in total. The molecule has 2 aromatic rings. The summed E-state index contributed by atoms with van der Waals surface area (Å²) in [6.07, 6.45) is 0.911. The van der Waals surface area contributed by atoms with Crippen molar-refractivity contribution in [3.63, 3.8) is 0 Å². The molecule has 0 fully saturated rings. The van der Waals surface area contributed by atoms with Crippen LogP contribution in [-0.4, -0.2) is 11.1 Å². The van der Waals surface area contributed by atoms with Crippen LogP contribution in [0.2, 0.25) is 5.02 Å². The molecule has 0 aliphatic rings. The molecule has 0 aliphatic carbocycles. The minimum atomic E-state index is -0.899. The van der Waals surface area contributed by atoms with Crippen molar-refractivity contribution < 1.29 is 9.90 Å². The maximum Gasteiger partial charge on any atom is 0.331 e. The minimum Gasteiger partial charge on any atom is -0.479 e. The fourth-order valence-electron chi connectivity index (χ4n) is 1.74. The average molecular weight is 296 g/mol. The van der Waals surface area contributed by atoms with E-state index in [0.717, 1.165) is 11.3 Å². The van der Waals surface area contributed by atoms with Crippen LogP contribution in [0.5, 0.6) is 0 Å². The second-order valence-electron chi connectivity index (χ2n) is 4.08. The van der Waals surface area contributed by atoms with Gasteiger partial charge < -0.3 is 10.4 Å². The zero-order valence-corrected chi connectivity index (χ0v) is 12.0. The van der Waals surface area contributed by atoms with Crippen molar-refractivity contribution in [1.82, 2.24) is 0 Å². The number of hydrogen-bond donors (Lipinski definition) is 2. The van der Waals surface area contributed by atoms with Gasteiger partial charge in [-0.1, -0.05) is 24.6 Å². The SMILES string of the molecule is CCc1ccc(C(Nc2cccc(Cl)c2)C(=O)O)s1. The fraction of sp³-hybridized carbons (Fsp3) is 0.214. The van der Waals surface area contributed by atoms with Crippen LogP contribution in [0.15, 0.2) is 36.4 Å². The van der Waals surface area contributed by atoms with E-state index in [4.69, 9.17) is 11.6 Å². The van der Waals surface area contributed by atoms with E-state index in [-0.39, 0.29) is 0 Å². The van der Waals surface area contributed by atoms with Gasteiger partial charge in [-0.3, -0.25) is 0 Å². The van der Waals surface area contributed by atoms with E-state index in [1.54, 1.807) is 24.3 Å². The first-order valence-electron chi connectivity index (χ1n) is 5.93. The van der Waals surface area contributed by atoms with Gasteiger partial charge in [-0.05, 0) is 36.8 Å². The van der Waals surface area contributed by atoms with E-state index in [1.807, 2.05) is 12.1 Å². The summed E-state index contributed by atoms with van der Waals surface area (Å²) in [5.74, 6) is -0.899. The number of thiophene rings is 1. The van der Waals surface area contributed by atoms with Gasteiger partial charge in [0.25, 0.3) is 0 Å². The van der Waals surface area contributed by atoms with Crippen LogP contribution in [0.1, 0.15) is 22.7 Å². The Morgan fingerprint density at radius 3 is 2.79 bits per heavy atom. The third-order valence-electron chi connectivity index (χ3n) is 2.70. The van der Waals surface area contributed by atoms with Gasteiger partial charge in [-0.15, -0.1) is 11.3 Å². The Morgan fingerprint density at radius 2 is 2.21 bits per heavy atom. The normalized spacial score (nSPS) is 12.1. The molecule has 0 saturated carbocycles. The summed E-state index contributed by atoms with van der Waals surface area (Å²) in [4.78, 5) is 13.4. The van der Waals surface area contributed by atoms with Gasteiger partial charge in [-0.2, -0.15) is 0 Å². The van der Waals surface area contributed by atoms with Crippen LogP contribution in [0.3, 0.4) is 0 Å². The van der Waals surface area contributed by atoms with Gasteiger partial charge >= 0.3 is 5.97 Å². The van der Waals surface area contributed by atoms with Crippen molar-refractivity contribution in [1.29, 1.82) is 0 Å². The number of carboxylic acid groups (broad SMARTS) is 1. The molecule has 0 aliphatic heterocycles. The van der Waals surface area contributed by atoms with Crippen molar-refractivity contribution >= 4 is 34.6 Å². The van der Waals surface area contributed by atoms with Crippen LogP contribution >= 0.6 is 22.9 Å². The van der Waals surface area contributed by atoms with Crippen LogP contribution < -0.4 is 5.32 Å². The van der Waals surface area contributed by atoms with Gasteiger partial charge in [0.15, 0.2) is 6.04 Å². The number of halogens is 1. The molecular formula is C14H14ClNO2S. The first kappa shape index (κ1) is 13.9. The first-order chi connectivity index (χ1) is 9.10. The Kier molecular flexibility index (Phi) is 4.45. The zero-order valence-electron chi connectivity index (χ0n) is 10.4.